The summed E-state index contributed by atoms with van der Waals surface area (Å²) in [6.45, 7) is 1.55. The second kappa shape index (κ2) is 6.97. The second-order valence-electron chi connectivity index (χ2n) is 5.49. The van der Waals surface area contributed by atoms with E-state index >= 15 is 0 Å². The van der Waals surface area contributed by atoms with Crippen molar-refractivity contribution in [2.24, 2.45) is 0 Å². The summed E-state index contributed by atoms with van der Waals surface area (Å²) in [6, 6.07) is 6.40. The molecule has 0 radical (unpaired) electrons. The number of hydrogen-bond acceptors (Lipinski definition) is 4. The number of nitrogens with one attached hydrogen (secondary N) is 2. The van der Waals surface area contributed by atoms with Crippen LogP contribution in [0.1, 0.15) is 12.5 Å². The molecule has 2 N–H and O–H groups in total. The number of rotatable bonds is 6. The zero-order valence-corrected chi connectivity index (χ0v) is 13.6. The Hall–Kier alpha value is -2.12. The summed E-state index contributed by atoms with van der Waals surface area (Å²) in [5.41, 5.74) is -0.272. The second-order valence-corrected chi connectivity index (χ2v) is 5.93. The van der Waals surface area contributed by atoms with Gasteiger partial charge in [0.2, 0.25) is 5.91 Å². The van der Waals surface area contributed by atoms with Gasteiger partial charge in [-0.3, -0.25) is 14.5 Å². The van der Waals surface area contributed by atoms with Crippen LogP contribution in [-0.4, -0.2) is 48.5 Å². The number of methoxy groups -OCH3 is 1. The number of ether oxygens (including phenoxy) is 1. The van der Waals surface area contributed by atoms with Gasteiger partial charge in [0.05, 0.1) is 6.61 Å². The number of imide groups is 1. The molecule has 8 heteroatoms. The van der Waals surface area contributed by atoms with E-state index in [0.29, 0.717) is 5.02 Å². The van der Waals surface area contributed by atoms with E-state index in [-0.39, 0.29) is 19.7 Å². The van der Waals surface area contributed by atoms with Gasteiger partial charge in [0.15, 0.2) is 0 Å². The molecule has 23 heavy (non-hydrogen) atoms. The largest absolute Gasteiger partial charge is 0.382 e. The van der Waals surface area contributed by atoms with E-state index in [4.69, 9.17) is 16.3 Å². The Morgan fingerprint density at radius 3 is 2.61 bits per heavy atom. The smallest absolute Gasteiger partial charge is 0.325 e. The first-order valence-corrected chi connectivity index (χ1v) is 7.38. The Labute approximate surface area is 138 Å². The summed E-state index contributed by atoms with van der Waals surface area (Å²) in [5.74, 6) is -0.906. The molecule has 1 aliphatic rings. The van der Waals surface area contributed by atoms with Crippen molar-refractivity contribution in [1.82, 2.24) is 15.5 Å². The molecule has 1 aromatic rings. The SMILES string of the molecule is COCC1(C)NC(=O)N(CC(=O)NCc2ccc(Cl)cc2)C1=O. The van der Waals surface area contributed by atoms with Crippen molar-refractivity contribution >= 4 is 29.4 Å². The van der Waals surface area contributed by atoms with Crippen LogP contribution < -0.4 is 10.6 Å². The summed E-state index contributed by atoms with van der Waals surface area (Å²) in [6.07, 6.45) is 0. The summed E-state index contributed by atoms with van der Waals surface area (Å²) in [7, 11) is 1.44. The van der Waals surface area contributed by atoms with Crippen molar-refractivity contribution in [3.05, 3.63) is 34.9 Å². The lowest BCUT2D eigenvalue weighted by atomic mass is 10.0. The number of benzene rings is 1. The van der Waals surface area contributed by atoms with Crippen LogP contribution in [0.4, 0.5) is 4.79 Å². The number of amides is 4. The molecule has 1 heterocycles. The number of nitrogens with zero attached hydrogens (tertiary/aromatic N) is 1. The van der Waals surface area contributed by atoms with Crippen LogP contribution in [0.3, 0.4) is 0 Å². The van der Waals surface area contributed by atoms with Crippen molar-refractivity contribution in [1.29, 1.82) is 0 Å². The minimum atomic E-state index is -1.14. The Balaban J connectivity index is 1.91. The lowest BCUT2D eigenvalue weighted by Gasteiger charge is -2.20. The van der Waals surface area contributed by atoms with Crippen molar-refractivity contribution in [3.63, 3.8) is 0 Å². The van der Waals surface area contributed by atoms with Gasteiger partial charge in [-0.05, 0) is 24.6 Å². The first-order valence-electron chi connectivity index (χ1n) is 7.00. The zero-order valence-electron chi connectivity index (χ0n) is 12.9. The quantitative estimate of drug-likeness (QED) is 0.754. The number of carbonyl (C=O) groups is 3. The van der Waals surface area contributed by atoms with Crippen LogP contribution in [0.2, 0.25) is 5.02 Å². The highest BCUT2D eigenvalue weighted by molar-refractivity contribution is 6.30. The molecule has 0 aromatic heterocycles. The molecule has 0 spiro atoms. The first kappa shape index (κ1) is 17.2. The topological polar surface area (TPSA) is 87.7 Å². The third-order valence-electron chi connectivity index (χ3n) is 3.48. The van der Waals surface area contributed by atoms with E-state index in [2.05, 4.69) is 10.6 Å². The number of halogens is 1. The molecule has 4 amide bonds. The molecule has 0 saturated carbocycles. The summed E-state index contributed by atoms with van der Waals surface area (Å²) >= 11 is 5.79. The minimum absolute atomic E-state index is 0.0421. The van der Waals surface area contributed by atoms with Gasteiger partial charge in [0.1, 0.15) is 12.1 Å². The van der Waals surface area contributed by atoms with E-state index in [1.165, 1.54) is 7.11 Å². The molecule has 7 nitrogen and oxygen atoms in total. The van der Waals surface area contributed by atoms with Crippen LogP contribution in [0.25, 0.3) is 0 Å². The summed E-state index contributed by atoms with van der Waals surface area (Å²) < 4.78 is 4.94. The normalized spacial score (nSPS) is 20.6. The monoisotopic (exact) mass is 339 g/mol. The third kappa shape index (κ3) is 4.00. The van der Waals surface area contributed by atoms with Gasteiger partial charge in [-0.25, -0.2) is 4.79 Å². The Kier molecular flexibility index (Phi) is 5.23. The maximum absolute atomic E-state index is 12.2. The molecule has 1 unspecified atom stereocenters. The Morgan fingerprint density at radius 2 is 2.00 bits per heavy atom. The third-order valence-corrected chi connectivity index (χ3v) is 3.73. The van der Waals surface area contributed by atoms with Gasteiger partial charge < -0.3 is 15.4 Å². The first-order chi connectivity index (χ1) is 10.9. The lowest BCUT2D eigenvalue weighted by Crippen LogP contribution is -2.48. The molecule has 0 aliphatic carbocycles. The van der Waals surface area contributed by atoms with E-state index in [1.807, 2.05) is 0 Å². The molecule has 1 aromatic carbocycles. The lowest BCUT2D eigenvalue weighted by molar-refractivity contribution is -0.135. The molecule has 0 bridgehead atoms. The van der Waals surface area contributed by atoms with E-state index in [1.54, 1.807) is 31.2 Å². The molecule has 1 atom stereocenters. The Bertz CT molecular complexity index is 620. The predicted octanol–water partition coefficient (Wildman–Crippen LogP) is 0.913. The van der Waals surface area contributed by atoms with Crippen molar-refractivity contribution < 1.29 is 19.1 Å². The molecule has 1 aliphatic heterocycles. The van der Waals surface area contributed by atoms with Crippen molar-refractivity contribution in [2.45, 2.75) is 19.0 Å². The fraction of sp³-hybridized carbons (Fsp3) is 0.400. The highest BCUT2D eigenvalue weighted by Gasteiger charge is 2.48. The number of carbonyl (C=O) groups excluding carboxylic acids is 3. The number of hydrogen-bond donors (Lipinski definition) is 2. The van der Waals surface area contributed by atoms with Gasteiger partial charge in [0.25, 0.3) is 5.91 Å². The van der Waals surface area contributed by atoms with Gasteiger partial charge >= 0.3 is 6.03 Å². The summed E-state index contributed by atoms with van der Waals surface area (Å²) in [4.78, 5) is 37.0. The molecule has 1 saturated heterocycles. The Morgan fingerprint density at radius 1 is 1.35 bits per heavy atom. The van der Waals surface area contributed by atoms with E-state index in [9.17, 15) is 14.4 Å². The van der Waals surface area contributed by atoms with Gasteiger partial charge in [-0.15, -0.1) is 0 Å². The van der Waals surface area contributed by atoms with E-state index in [0.717, 1.165) is 10.5 Å². The van der Waals surface area contributed by atoms with E-state index < -0.39 is 23.4 Å². The summed E-state index contributed by atoms with van der Waals surface area (Å²) in [5, 5.41) is 5.80. The fourth-order valence-electron chi connectivity index (χ4n) is 2.28. The van der Waals surface area contributed by atoms with Crippen LogP contribution in [0.15, 0.2) is 24.3 Å². The van der Waals surface area contributed by atoms with Crippen LogP contribution in [0, 0.1) is 0 Å². The number of urea groups is 1. The molecule has 1 fully saturated rings. The zero-order chi connectivity index (χ0) is 17.0. The molecule has 124 valence electrons. The minimum Gasteiger partial charge on any atom is -0.382 e. The van der Waals surface area contributed by atoms with Crippen LogP contribution in [-0.2, 0) is 20.9 Å². The average molecular weight is 340 g/mol. The van der Waals surface area contributed by atoms with Crippen LogP contribution in [0.5, 0.6) is 0 Å². The highest BCUT2D eigenvalue weighted by Crippen LogP contribution is 2.17. The van der Waals surface area contributed by atoms with Crippen LogP contribution >= 0.6 is 11.6 Å². The average Bonchev–Trinajstić information content (AvgIpc) is 2.70. The van der Waals surface area contributed by atoms with Gasteiger partial charge in [-0.2, -0.15) is 0 Å². The standard InChI is InChI=1S/C15H18ClN3O4/c1-15(9-23-2)13(21)19(14(22)18-15)8-12(20)17-7-10-3-5-11(16)6-4-10/h3-6H,7-9H2,1-2H3,(H,17,20)(H,18,22). The predicted molar refractivity (Wildman–Crippen MR) is 83.8 cm³/mol. The molecular formula is C15H18ClN3O4. The molecular weight excluding hydrogens is 322 g/mol. The maximum Gasteiger partial charge on any atom is 0.325 e. The van der Waals surface area contributed by atoms with Gasteiger partial charge in [-0.1, -0.05) is 23.7 Å². The highest BCUT2D eigenvalue weighted by atomic mass is 35.5. The van der Waals surface area contributed by atoms with Crippen molar-refractivity contribution in [3.8, 4) is 0 Å². The fourth-order valence-corrected chi connectivity index (χ4v) is 2.41. The molecule has 2 rings (SSSR count). The van der Waals surface area contributed by atoms with Gasteiger partial charge in [0, 0.05) is 18.7 Å². The maximum atomic E-state index is 12.2. The van der Waals surface area contributed by atoms with Crippen molar-refractivity contribution in [2.75, 3.05) is 20.3 Å².